The zero-order valence-electron chi connectivity index (χ0n) is 11.1. The maximum Gasteiger partial charge on any atom is 0.238 e. The summed E-state index contributed by atoms with van der Waals surface area (Å²) < 4.78 is 0. The van der Waals surface area contributed by atoms with Crippen molar-refractivity contribution < 1.29 is 9.59 Å². The van der Waals surface area contributed by atoms with E-state index >= 15 is 0 Å². The number of carbonyl (C=O) groups excluding carboxylic acids is 2. The molecule has 0 aromatic heterocycles. The number of nitrogens with zero attached hydrogens (tertiary/aromatic N) is 1. The summed E-state index contributed by atoms with van der Waals surface area (Å²) in [5.74, 6) is -0.165. The van der Waals surface area contributed by atoms with Gasteiger partial charge in [0.2, 0.25) is 5.91 Å². The zero-order chi connectivity index (χ0) is 13.8. The number of amides is 1. The Morgan fingerprint density at radius 3 is 2.79 bits per heavy atom. The van der Waals surface area contributed by atoms with E-state index in [0.717, 1.165) is 19.5 Å². The van der Waals surface area contributed by atoms with Crippen LogP contribution in [0, 0.1) is 0 Å². The van der Waals surface area contributed by atoms with Gasteiger partial charge in [0, 0.05) is 24.7 Å². The van der Waals surface area contributed by atoms with Crippen molar-refractivity contribution in [3.63, 3.8) is 0 Å². The fourth-order valence-electron chi connectivity index (χ4n) is 2.30. The molecule has 0 aliphatic carbocycles. The topological polar surface area (TPSA) is 75.4 Å². The summed E-state index contributed by atoms with van der Waals surface area (Å²) >= 11 is 0. The van der Waals surface area contributed by atoms with E-state index in [1.54, 1.807) is 24.3 Å². The largest absolute Gasteiger partial charge is 0.326 e. The number of benzene rings is 1. The lowest BCUT2D eigenvalue weighted by molar-refractivity contribution is -0.117. The molecule has 2 rings (SSSR count). The Balaban J connectivity index is 1.97. The van der Waals surface area contributed by atoms with E-state index in [-0.39, 0.29) is 17.7 Å². The molecule has 1 heterocycles. The van der Waals surface area contributed by atoms with Crippen molar-refractivity contribution in [3.8, 4) is 0 Å². The van der Waals surface area contributed by atoms with Crippen molar-refractivity contribution in [1.82, 2.24) is 4.90 Å². The van der Waals surface area contributed by atoms with Crippen LogP contribution in [0.15, 0.2) is 24.3 Å². The number of ketones is 1. The molecule has 5 nitrogen and oxygen atoms in total. The van der Waals surface area contributed by atoms with E-state index in [4.69, 9.17) is 5.73 Å². The summed E-state index contributed by atoms with van der Waals surface area (Å²) in [7, 11) is 0. The van der Waals surface area contributed by atoms with Crippen molar-refractivity contribution in [1.29, 1.82) is 0 Å². The van der Waals surface area contributed by atoms with Crippen LogP contribution < -0.4 is 11.1 Å². The Labute approximate surface area is 112 Å². The van der Waals surface area contributed by atoms with Crippen LogP contribution in [0.2, 0.25) is 0 Å². The number of likely N-dealkylation sites (tertiary alicyclic amines) is 1. The van der Waals surface area contributed by atoms with Gasteiger partial charge in [0.25, 0.3) is 0 Å². The van der Waals surface area contributed by atoms with Gasteiger partial charge in [0.15, 0.2) is 5.78 Å². The minimum atomic E-state index is -0.109. The summed E-state index contributed by atoms with van der Waals surface area (Å²) in [6.45, 7) is 3.41. The van der Waals surface area contributed by atoms with E-state index in [1.807, 2.05) is 4.90 Å². The number of para-hydroxylation sites is 1. The minimum Gasteiger partial charge on any atom is -0.326 e. The van der Waals surface area contributed by atoms with Crippen LogP contribution in [0.4, 0.5) is 5.69 Å². The van der Waals surface area contributed by atoms with Crippen LogP contribution in [0.1, 0.15) is 23.7 Å². The monoisotopic (exact) mass is 261 g/mol. The smallest absolute Gasteiger partial charge is 0.238 e. The van der Waals surface area contributed by atoms with Crippen LogP contribution in [0.25, 0.3) is 0 Å². The Morgan fingerprint density at radius 2 is 2.16 bits per heavy atom. The first-order chi connectivity index (χ1) is 9.06. The minimum absolute atomic E-state index is 0.0564. The molecule has 1 aromatic carbocycles. The fourth-order valence-corrected chi connectivity index (χ4v) is 2.30. The van der Waals surface area contributed by atoms with Crippen LogP contribution >= 0.6 is 0 Å². The molecule has 1 aliphatic heterocycles. The number of carbonyl (C=O) groups is 2. The summed E-state index contributed by atoms with van der Waals surface area (Å²) in [6, 6.07) is 7.20. The Kier molecular flexibility index (Phi) is 4.29. The lowest BCUT2D eigenvalue weighted by Gasteiger charge is -2.15. The summed E-state index contributed by atoms with van der Waals surface area (Å²) in [5.41, 5.74) is 6.91. The average molecular weight is 261 g/mol. The number of anilines is 1. The third-order valence-electron chi connectivity index (χ3n) is 3.26. The van der Waals surface area contributed by atoms with Crippen LogP contribution in [0.3, 0.4) is 0 Å². The van der Waals surface area contributed by atoms with Crippen LogP contribution in [0.5, 0.6) is 0 Å². The maximum absolute atomic E-state index is 11.9. The molecule has 1 fully saturated rings. The van der Waals surface area contributed by atoms with Crippen molar-refractivity contribution in [2.45, 2.75) is 19.4 Å². The SMILES string of the molecule is CC(=O)c1ccccc1NC(=O)CN1CCC(N)C1. The molecule has 1 saturated heterocycles. The lowest BCUT2D eigenvalue weighted by atomic mass is 10.1. The van der Waals surface area contributed by atoms with E-state index in [2.05, 4.69) is 5.32 Å². The Morgan fingerprint density at radius 1 is 1.42 bits per heavy atom. The third-order valence-corrected chi connectivity index (χ3v) is 3.26. The highest BCUT2D eigenvalue weighted by molar-refractivity contribution is 6.04. The van der Waals surface area contributed by atoms with Gasteiger partial charge in [0.1, 0.15) is 0 Å². The quantitative estimate of drug-likeness (QED) is 0.788. The molecule has 1 unspecified atom stereocenters. The molecule has 0 saturated carbocycles. The second-order valence-electron chi connectivity index (χ2n) is 4.93. The molecule has 5 heteroatoms. The van der Waals surface area contributed by atoms with Gasteiger partial charge in [-0.25, -0.2) is 0 Å². The number of Topliss-reactive ketones (excluding diaryl/α,β-unsaturated/α-hetero) is 1. The van der Waals surface area contributed by atoms with Gasteiger partial charge in [-0.1, -0.05) is 12.1 Å². The first kappa shape index (κ1) is 13.7. The summed E-state index contributed by atoms with van der Waals surface area (Å²) in [4.78, 5) is 25.4. The van der Waals surface area contributed by atoms with E-state index in [9.17, 15) is 9.59 Å². The normalized spacial score (nSPS) is 19.4. The molecular formula is C14H19N3O2. The second kappa shape index (κ2) is 5.95. The molecule has 1 aromatic rings. The Hall–Kier alpha value is -1.72. The van der Waals surface area contributed by atoms with Gasteiger partial charge in [-0.05, 0) is 25.5 Å². The molecule has 19 heavy (non-hydrogen) atoms. The van der Waals surface area contributed by atoms with Crippen molar-refractivity contribution in [3.05, 3.63) is 29.8 Å². The molecule has 0 spiro atoms. The van der Waals surface area contributed by atoms with Gasteiger partial charge in [-0.15, -0.1) is 0 Å². The first-order valence-electron chi connectivity index (χ1n) is 6.44. The average Bonchev–Trinajstić information content (AvgIpc) is 2.75. The number of hydrogen-bond donors (Lipinski definition) is 2. The predicted molar refractivity (Wildman–Crippen MR) is 74.1 cm³/mol. The maximum atomic E-state index is 11.9. The van der Waals surface area contributed by atoms with Gasteiger partial charge in [0.05, 0.1) is 12.2 Å². The van der Waals surface area contributed by atoms with Gasteiger partial charge >= 0.3 is 0 Å². The van der Waals surface area contributed by atoms with Crippen LogP contribution in [-0.4, -0.2) is 42.3 Å². The van der Waals surface area contributed by atoms with Crippen molar-refractivity contribution in [2.75, 3.05) is 25.0 Å². The first-order valence-corrected chi connectivity index (χ1v) is 6.44. The van der Waals surface area contributed by atoms with Gasteiger partial charge in [-0.2, -0.15) is 0 Å². The molecule has 0 bridgehead atoms. The number of hydrogen-bond acceptors (Lipinski definition) is 4. The highest BCUT2D eigenvalue weighted by Gasteiger charge is 2.21. The molecule has 102 valence electrons. The molecule has 3 N–H and O–H groups in total. The van der Waals surface area contributed by atoms with Crippen molar-refractivity contribution >= 4 is 17.4 Å². The predicted octanol–water partition coefficient (Wildman–Crippen LogP) is 0.861. The molecule has 1 amide bonds. The third kappa shape index (κ3) is 3.62. The summed E-state index contributed by atoms with van der Waals surface area (Å²) in [5, 5.41) is 2.79. The molecule has 0 radical (unpaired) electrons. The number of nitrogens with two attached hydrogens (primary N) is 1. The lowest BCUT2D eigenvalue weighted by Crippen LogP contribution is -2.33. The fraction of sp³-hybridized carbons (Fsp3) is 0.429. The molecule has 1 atom stereocenters. The van der Waals surface area contributed by atoms with Crippen LogP contribution in [-0.2, 0) is 4.79 Å². The highest BCUT2D eigenvalue weighted by atomic mass is 16.2. The number of rotatable bonds is 4. The Bertz CT molecular complexity index is 487. The molecule has 1 aliphatic rings. The molecular weight excluding hydrogens is 242 g/mol. The van der Waals surface area contributed by atoms with E-state index in [0.29, 0.717) is 17.8 Å². The highest BCUT2D eigenvalue weighted by Crippen LogP contribution is 2.15. The van der Waals surface area contributed by atoms with Crippen molar-refractivity contribution in [2.24, 2.45) is 5.73 Å². The number of nitrogens with one attached hydrogen (secondary N) is 1. The van der Waals surface area contributed by atoms with Gasteiger partial charge < -0.3 is 11.1 Å². The van der Waals surface area contributed by atoms with Gasteiger partial charge in [-0.3, -0.25) is 14.5 Å². The standard InChI is InChI=1S/C14H19N3O2/c1-10(18)12-4-2-3-5-13(12)16-14(19)9-17-7-6-11(15)8-17/h2-5,11H,6-9,15H2,1H3,(H,16,19). The second-order valence-corrected chi connectivity index (χ2v) is 4.93. The summed E-state index contributed by atoms with van der Waals surface area (Å²) in [6.07, 6.45) is 0.928. The van der Waals surface area contributed by atoms with E-state index in [1.165, 1.54) is 6.92 Å². The zero-order valence-corrected chi connectivity index (χ0v) is 11.1. The van der Waals surface area contributed by atoms with E-state index < -0.39 is 0 Å².